The monoisotopic (exact) mass is 477 g/mol. The molecule has 0 aromatic heterocycles. The molecule has 1 aliphatic heterocycles. The fourth-order valence-electron chi connectivity index (χ4n) is 3.89. The number of hydrogen-bond donors (Lipinski definition) is 1. The SMILES string of the molecule is COc1ccc(CN2CCN(C(=O)CNC(=O)c3ccc(Oc4ccccc4)cc3)CC2)cc1F. The molecule has 1 fully saturated rings. The Hall–Kier alpha value is -3.91. The van der Waals surface area contributed by atoms with Crippen LogP contribution < -0.4 is 14.8 Å². The maximum absolute atomic E-state index is 13.9. The van der Waals surface area contributed by atoms with E-state index in [4.69, 9.17) is 9.47 Å². The van der Waals surface area contributed by atoms with Crippen molar-refractivity contribution < 1.29 is 23.5 Å². The lowest BCUT2D eigenvalue weighted by Gasteiger charge is -2.34. The maximum Gasteiger partial charge on any atom is 0.251 e. The van der Waals surface area contributed by atoms with Crippen molar-refractivity contribution >= 4 is 11.8 Å². The lowest BCUT2D eigenvalue weighted by molar-refractivity contribution is -0.131. The van der Waals surface area contributed by atoms with Crippen LogP contribution in [-0.4, -0.2) is 61.4 Å². The Labute approximate surface area is 204 Å². The van der Waals surface area contributed by atoms with Crippen molar-refractivity contribution in [2.24, 2.45) is 0 Å². The van der Waals surface area contributed by atoms with Gasteiger partial charge in [0.1, 0.15) is 11.5 Å². The second kappa shape index (κ2) is 11.5. The first kappa shape index (κ1) is 24.2. The minimum Gasteiger partial charge on any atom is -0.494 e. The van der Waals surface area contributed by atoms with Crippen molar-refractivity contribution in [1.29, 1.82) is 0 Å². The smallest absolute Gasteiger partial charge is 0.251 e. The van der Waals surface area contributed by atoms with Crippen LogP contribution in [0.5, 0.6) is 17.2 Å². The van der Waals surface area contributed by atoms with Gasteiger partial charge < -0.3 is 19.7 Å². The number of hydrogen-bond acceptors (Lipinski definition) is 5. The summed E-state index contributed by atoms with van der Waals surface area (Å²) in [7, 11) is 1.44. The number of nitrogens with one attached hydrogen (secondary N) is 1. The number of amides is 2. The number of rotatable bonds is 8. The van der Waals surface area contributed by atoms with Crippen LogP contribution in [0.1, 0.15) is 15.9 Å². The van der Waals surface area contributed by atoms with Gasteiger partial charge in [0.25, 0.3) is 5.91 Å². The van der Waals surface area contributed by atoms with E-state index in [0.717, 1.165) is 5.56 Å². The van der Waals surface area contributed by atoms with E-state index >= 15 is 0 Å². The molecule has 0 bridgehead atoms. The lowest BCUT2D eigenvalue weighted by atomic mass is 10.1. The molecule has 1 saturated heterocycles. The van der Waals surface area contributed by atoms with E-state index in [1.54, 1.807) is 35.2 Å². The zero-order chi connectivity index (χ0) is 24.6. The van der Waals surface area contributed by atoms with Crippen molar-refractivity contribution in [2.45, 2.75) is 6.54 Å². The highest BCUT2D eigenvalue weighted by Crippen LogP contribution is 2.21. The Balaban J connectivity index is 1.20. The van der Waals surface area contributed by atoms with E-state index in [1.165, 1.54) is 13.2 Å². The van der Waals surface area contributed by atoms with Crippen molar-refractivity contribution in [3.63, 3.8) is 0 Å². The number of benzene rings is 3. The average molecular weight is 478 g/mol. The summed E-state index contributed by atoms with van der Waals surface area (Å²) in [6.07, 6.45) is 0. The Morgan fingerprint density at radius 3 is 2.26 bits per heavy atom. The van der Waals surface area contributed by atoms with E-state index in [1.807, 2.05) is 36.4 Å². The Bertz CT molecular complexity index is 1150. The molecule has 7 nitrogen and oxygen atoms in total. The zero-order valence-electron chi connectivity index (χ0n) is 19.6. The molecule has 0 unspecified atom stereocenters. The van der Waals surface area contributed by atoms with Gasteiger partial charge in [0, 0.05) is 38.3 Å². The summed E-state index contributed by atoms with van der Waals surface area (Å²) in [5.41, 5.74) is 1.31. The summed E-state index contributed by atoms with van der Waals surface area (Å²) in [6.45, 7) is 3.00. The molecule has 1 N–H and O–H groups in total. The van der Waals surface area contributed by atoms with E-state index in [-0.39, 0.29) is 29.9 Å². The summed E-state index contributed by atoms with van der Waals surface area (Å²) < 4.78 is 24.6. The van der Waals surface area contributed by atoms with E-state index in [0.29, 0.717) is 49.8 Å². The number of carbonyl (C=O) groups excluding carboxylic acids is 2. The van der Waals surface area contributed by atoms with Crippen LogP contribution in [0.3, 0.4) is 0 Å². The molecular weight excluding hydrogens is 449 g/mol. The van der Waals surface area contributed by atoms with E-state index < -0.39 is 0 Å². The van der Waals surface area contributed by atoms with Crippen molar-refractivity contribution in [1.82, 2.24) is 15.1 Å². The second-order valence-electron chi connectivity index (χ2n) is 8.25. The standard InChI is InChI=1S/C27H28FN3O4/c1-34-25-12-7-20(17-24(25)28)19-30-13-15-31(16-14-30)26(32)18-29-27(33)21-8-10-23(11-9-21)35-22-5-3-2-4-6-22/h2-12,17H,13-16,18-19H2,1H3,(H,29,33). The number of halogens is 1. The summed E-state index contributed by atoms with van der Waals surface area (Å²) in [5.74, 6) is 0.739. The van der Waals surface area contributed by atoms with Gasteiger partial charge in [-0.1, -0.05) is 24.3 Å². The molecule has 0 aliphatic carbocycles. The second-order valence-corrected chi connectivity index (χ2v) is 8.25. The summed E-state index contributed by atoms with van der Waals surface area (Å²) in [6, 6.07) is 21.1. The number of methoxy groups -OCH3 is 1. The molecular formula is C27H28FN3O4. The van der Waals surface area contributed by atoms with Crippen LogP contribution in [0.2, 0.25) is 0 Å². The number of ether oxygens (including phenoxy) is 2. The number of carbonyl (C=O) groups is 2. The highest BCUT2D eigenvalue weighted by molar-refractivity contribution is 5.96. The lowest BCUT2D eigenvalue weighted by Crippen LogP contribution is -2.50. The van der Waals surface area contributed by atoms with E-state index in [2.05, 4.69) is 10.2 Å². The zero-order valence-corrected chi connectivity index (χ0v) is 19.6. The third-order valence-electron chi connectivity index (χ3n) is 5.84. The van der Waals surface area contributed by atoms with Crippen molar-refractivity contribution in [3.05, 3.63) is 89.7 Å². The summed E-state index contributed by atoms with van der Waals surface area (Å²) >= 11 is 0. The third kappa shape index (κ3) is 6.58. The van der Waals surface area contributed by atoms with Gasteiger partial charge in [0.05, 0.1) is 13.7 Å². The molecule has 0 atom stereocenters. The van der Waals surface area contributed by atoms with Crippen LogP contribution in [0.25, 0.3) is 0 Å². The molecule has 1 heterocycles. The average Bonchev–Trinajstić information content (AvgIpc) is 2.89. The fraction of sp³-hybridized carbons (Fsp3) is 0.259. The third-order valence-corrected chi connectivity index (χ3v) is 5.84. The predicted octanol–water partition coefficient (Wildman–Crippen LogP) is 3.70. The Kier molecular flexibility index (Phi) is 7.95. The molecule has 35 heavy (non-hydrogen) atoms. The minimum absolute atomic E-state index is 0.0647. The highest BCUT2D eigenvalue weighted by atomic mass is 19.1. The van der Waals surface area contributed by atoms with Crippen LogP contribution in [0.15, 0.2) is 72.8 Å². The molecule has 3 aromatic rings. The van der Waals surface area contributed by atoms with Gasteiger partial charge in [-0.25, -0.2) is 4.39 Å². The van der Waals surface area contributed by atoms with Crippen LogP contribution in [0, 0.1) is 5.82 Å². The maximum atomic E-state index is 13.9. The topological polar surface area (TPSA) is 71.1 Å². The first-order valence-corrected chi connectivity index (χ1v) is 11.5. The molecule has 8 heteroatoms. The quantitative estimate of drug-likeness (QED) is 0.536. The Morgan fingerprint density at radius 1 is 0.914 bits per heavy atom. The molecule has 0 saturated carbocycles. The van der Waals surface area contributed by atoms with Gasteiger partial charge in [-0.15, -0.1) is 0 Å². The Morgan fingerprint density at radius 2 is 1.60 bits per heavy atom. The number of piperazine rings is 1. The van der Waals surface area contributed by atoms with Gasteiger partial charge in [-0.3, -0.25) is 14.5 Å². The molecule has 0 radical (unpaired) electrons. The van der Waals surface area contributed by atoms with E-state index in [9.17, 15) is 14.0 Å². The highest BCUT2D eigenvalue weighted by Gasteiger charge is 2.22. The van der Waals surface area contributed by atoms with Gasteiger partial charge in [0.2, 0.25) is 5.91 Å². The molecule has 0 spiro atoms. The van der Waals surface area contributed by atoms with Crippen molar-refractivity contribution in [2.75, 3.05) is 39.8 Å². The first-order valence-electron chi connectivity index (χ1n) is 11.5. The van der Waals surface area contributed by atoms with Crippen LogP contribution in [-0.2, 0) is 11.3 Å². The molecule has 3 aromatic carbocycles. The molecule has 4 rings (SSSR count). The number of para-hydroxylation sites is 1. The van der Waals surface area contributed by atoms with Crippen LogP contribution in [0.4, 0.5) is 4.39 Å². The van der Waals surface area contributed by atoms with Gasteiger partial charge in [-0.2, -0.15) is 0 Å². The van der Waals surface area contributed by atoms with Gasteiger partial charge in [0.15, 0.2) is 11.6 Å². The van der Waals surface area contributed by atoms with Gasteiger partial charge in [-0.05, 0) is 54.1 Å². The van der Waals surface area contributed by atoms with Crippen molar-refractivity contribution in [3.8, 4) is 17.2 Å². The number of nitrogens with zero attached hydrogens (tertiary/aromatic N) is 2. The first-order chi connectivity index (χ1) is 17.0. The summed E-state index contributed by atoms with van der Waals surface area (Å²) in [4.78, 5) is 28.9. The van der Waals surface area contributed by atoms with Crippen LogP contribution >= 0.6 is 0 Å². The normalized spacial score (nSPS) is 13.8. The minimum atomic E-state index is -0.382. The largest absolute Gasteiger partial charge is 0.494 e. The van der Waals surface area contributed by atoms with Gasteiger partial charge >= 0.3 is 0 Å². The molecule has 182 valence electrons. The summed E-state index contributed by atoms with van der Waals surface area (Å²) in [5, 5.41) is 2.70. The fourth-order valence-corrected chi connectivity index (χ4v) is 3.89. The molecule has 1 aliphatic rings. The molecule has 2 amide bonds. The predicted molar refractivity (Wildman–Crippen MR) is 130 cm³/mol.